The second kappa shape index (κ2) is 5.63. The maximum absolute atomic E-state index is 12.1. The number of benzene rings is 1. The van der Waals surface area contributed by atoms with Crippen molar-refractivity contribution in [3.05, 3.63) is 28.7 Å². The number of rotatable bonds is 3. The molecule has 1 aliphatic rings. The van der Waals surface area contributed by atoms with E-state index in [1.165, 1.54) is 23.8 Å². The predicted molar refractivity (Wildman–Crippen MR) is 80.2 cm³/mol. The molecule has 4 nitrogen and oxygen atoms in total. The van der Waals surface area contributed by atoms with E-state index in [9.17, 15) is 9.90 Å². The van der Waals surface area contributed by atoms with Crippen LogP contribution in [-0.2, 0) is 4.79 Å². The standard InChI is InChI=1S/C13H13NO3S2/c1-3-14-12(16)10(19-13(14)18)7-8-5-4-6-9(17-2)11(8)15/h4-7,15H,3H2,1-2H3. The van der Waals surface area contributed by atoms with Gasteiger partial charge in [-0.1, -0.05) is 36.1 Å². The minimum absolute atomic E-state index is 0.0202. The number of para-hydroxylation sites is 1. The number of amides is 1. The molecule has 6 heteroatoms. The number of nitrogens with zero attached hydrogens (tertiary/aromatic N) is 1. The lowest BCUT2D eigenvalue weighted by Gasteiger charge is -2.09. The van der Waals surface area contributed by atoms with Gasteiger partial charge in [0.2, 0.25) is 0 Å². The summed E-state index contributed by atoms with van der Waals surface area (Å²) in [5, 5.41) is 9.99. The number of methoxy groups -OCH3 is 1. The van der Waals surface area contributed by atoms with Crippen LogP contribution < -0.4 is 4.74 Å². The Labute approximate surface area is 121 Å². The summed E-state index contributed by atoms with van der Waals surface area (Å²) in [6.45, 7) is 2.42. The highest BCUT2D eigenvalue weighted by molar-refractivity contribution is 8.26. The molecule has 100 valence electrons. The summed E-state index contributed by atoms with van der Waals surface area (Å²) in [5.74, 6) is 0.270. The van der Waals surface area contributed by atoms with E-state index in [1.807, 2.05) is 6.92 Å². The molecule has 0 unspecified atom stereocenters. The summed E-state index contributed by atoms with van der Waals surface area (Å²) in [6.07, 6.45) is 1.63. The summed E-state index contributed by atoms with van der Waals surface area (Å²) in [5.41, 5.74) is 0.538. The molecule has 1 aliphatic heterocycles. The number of likely N-dealkylation sites (N-methyl/N-ethyl adjacent to an activating group) is 1. The Kier molecular flexibility index (Phi) is 4.11. The van der Waals surface area contributed by atoms with E-state index in [1.54, 1.807) is 24.3 Å². The van der Waals surface area contributed by atoms with Crippen LogP contribution in [0.2, 0.25) is 0 Å². The van der Waals surface area contributed by atoms with Crippen molar-refractivity contribution in [2.45, 2.75) is 6.92 Å². The molecule has 1 aromatic carbocycles. The van der Waals surface area contributed by atoms with Crippen molar-refractivity contribution in [1.82, 2.24) is 4.90 Å². The van der Waals surface area contributed by atoms with Gasteiger partial charge in [-0.05, 0) is 19.1 Å². The third-order valence-corrected chi connectivity index (χ3v) is 4.10. The zero-order valence-corrected chi connectivity index (χ0v) is 12.2. The molecule has 19 heavy (non-hydrogen) atoms. The average Bonchev–Trinajstić information content (AvgIpc) is 2.66. The fraction of sp³-hybridized carbons (Fsp3) is 0.231. The van der Waals surface area contributed by atoms with Crippen LogP contribution in [0.15, 0.2) is 23.1 Å². The van der Waals surface area contributed by atoms with E-state index in [0.29, 0.717) is 27.1 Å². The van der Waals surface area contributed by atoms with Crippen LogP contribution in [0, 0.1) is 0 Å². The van der Waals surface area contributed by atoms with Gasteiger partial charge in [0, 0.05) is 12.1 Å². The van der Waals surface area contributed by atoms with Gasteiger partial charge in [0.1, 0.15) is 4.32 Å². The second-order valence-electron chi connectivity index (χ2n) is 3.82. The van der Waals surface area contributed by atoms with E-state index >= 15 is 0 Å². The lowest BCUT2D eigenvalue weighted by atomic mass is 10.1. The normalized spacial score (nSPS) is 17.4. The van der Waals surface area contributed by atoms with Gasteiger partial charge in [0.25, 0.3) is 5.91 Å². The lowest BCUT2D eigenvalue weighted by molar-refractivity contribution is -0.121. The summed E-state index contributed by atoms with van der Waals surface area (Å²) in [4.78, 5) is 14.1. The van der Waals surface area contributed by atoms with Crippen LogP contribution in [0.3, 0.4) is 0 Å². The van der Waals surface area contributed by atoms with Gasteiger partial charge in [-0.15, -0.1) is 0 Å². The smallest absolute Gasteiger partial charge is 0.266 e. The van der Waals surface area contributed by atoms with Crippen molar-refractivity contribution in [2.24, 2.45) is 0 Å². The number of ether oxygens (including phenoxy) is 1. The lowest BCUT2D eigenvalue weighted by Crippen LogP contribution is -2.27. The summed E-state index contributed by atoms with van der Waals surface area (Å²) < 4.78 is 5.58. The van der Waals surface area contributed by atoms with Crippen molar-refractivity contribution in [1.29, 1.82) is 0 Å². The van der Waals surface area contributed by atoms with E-state index in [2.05, 4.69) is 0 Å². The number of thioether (sulfide) groups is 1. The van der Waals surface area contributed by atoms with E-state index in [-0.39, 0.29) is 11.7 Å². The monoisotopic (exact) mass is 295 g/mol. The molecular formula is C13H13NO3S2. The van der Waals surface area contributed by atoms with Gasteiger partial charge < -0.3 is 9.84 Å². The van der Waals surface area contributed by atoms with Crippen LogP contribution in [0.5, 0.6) is 11.5 Å². The van der Waals surface area contributed by atoms with E-state index < -0.39 is 0 Å². The van der Waals surface area contributed by atoms with Crippen molar-refractivity contribution < 1.29 is 14.6 Å². The Morgan fingerprint density at radius 3 is 2.84 bits per heavy atom. The van der Waals surface area contributed by atoms with Gasteiger partial charge in [-0.2, -0.15) is 0 Å². The van der Waals surface area contributed by atoms with Crippen molar-refractivity contribution in [3.8, 4) is 11.5 Å². The van der Waals surface area contributed by atoms with Crippen LogP contribution in [-0.4, -0.2) is 33.9 Å². The Morgan fingerprint density at radius 1 is 1.53 bits per heavy atom. The van der Waals surface area contributed by atoms with Gasteiger partial charge in [0.15, 0.2) is 11.5 Å². The molecular weight excluding hydrogens is 282 g/mol. The number of thiocarbonyl (C=S) groups is 1. The van der Waals surface area contributed by atoms with Gasteiger partial charge >= 0.3 is 0 Å². The maximum atomic E-state index is 12.1. The minimum atomic E-state index is -0.125. The van der Waals surface area contributed by atoms with Crippen LogP contribution >= 0.6 is 24.0 Å². The first-order valence-corrected chi connectivity index (χ1v) is 6.92. The molecule has 1 heterocycles. The van der Waals surface area contributed by atoms with Crippen molar-refractivity contribution >= 4 is 40.3 Å². The number of carbonyl (C=O) groups is 1. The fourth-order valence-electron chi connectivity index (χ4n) is 1.73. The van der Waals surface area contributed by atoms with Gasteiger partial charge in [-0.25, -0.2) is 0 Å². The molecule has 0 radical (unpaired) electrons. The molecule has 1 fully saturated rings. The zero-order chi connectivity index (χ0) is 14.0. The molecule has 0 saturated carbocycles. The number of phenolic OH excluding ortho intramolecular Hbond substituents is 1. The number of hydrogen-bond donors (Lipinski definition) is 1. The Hall–Kier alpha value is -1.53. The number of hydrogen-bond acceptors (Lipinski definition) is 5. The highest BCUT2D eigenvalue weighted by atomic mass is 32.2. The van der Waals surface area contributed by atoms with Gasteiger partial charge in [0.05, 0.1) is 12.0 Å². The molecule has 0 bridgehead atoms. The van der Waals surface area contributed by atoms with Crippen LogP contribution in [0.25, 0.3) is 6.08 Å². The third kappa shape index (κ3) is 2.59. The molecule has 1 aromatic rings. The van der Waals surface area contributed by atoms with E-state index in [4.69, 9.17) is 17.0 Å². The SMILES string of the molecule is CCN1C(=O)C(=Cc2cccc(OC)c2O)SC1=S. The first-order chi connectivity index (χ1) is 9.08. The largest absolute Gasteiger partial charge is 0.504 e. The van der Waals surface area contributed by atoms with E-state index in [0.717, 1.165) is 0 Å². The van der Waals surface area contributed by atoms with Crippen molar-refractivity contribution in [2.75, 3.05) is 13.7 Å². The zero-order valence-electron chi connectivity index (χ0n) is 10.5. The Morgan fingerprint density at radius 2 is 2.26 bits per heavy atom. The van der Waals surface area contributed by atoms with Gasteiger partial charge in [-0.3, -0.25) is 9.69 Å². The fourth-order valence-corrected chi connectivity index (χ4v) is 3.11. The first-order valence-electron chi connectivity index (χ1n) is 5.69. The highest BCUT2D eigenvalue weighted by Crippen LogP contribution is 2.36. The number of aromatic hydroxyl groups is 1. The van der Waals surface area contributed by atoms with Crippen molar-refractivity contribution in [3.63, 3.8) is 0 Å². The third-order valence-electron chi connectivity index (χ3n) is 2.73. The first kappa shape index (κ1) is 13.9. The summed E-state index contributed by atoms with van der Waals surface area (Å²) >= 11 is 6.37. The molecule has 1 N–H and O–H groups in total. The maximum Gasteiger partial charge on any atom is 0.266 e. The molecule has 0 atom stereocenters. The quantitative estimate of drug-likeness (QED) is 0.686. The highest BCUT2D eigenvalue weighted by Gasteiger charge is 2.30. The Bertz CT molecular complexity index is 569. The minimum Gasteiger partial charge on any atom is -0.504 e. The molecule has 0 aliphatic carbocycles. The molecule has 1 amide bonds. The van der Waals surface area contributed by atoms with Crippen LogP contribution in [0.4, 0.5) is 0 Å². The molecule has 0 spiro atoms. The number of carbonyl (C=O) groups excluding carboxylic acids is 1. The van der Waals surface area contributed by atoms with Crippen LogP contribution in [0.1, 0.15) is 12.5 Å². The molecule has 1 saturated heterocycles. The molecule has 0 aromatic heterocycles. The topological polar surface area (TPSA) is 49.8 Å². The number of phenols is 1. The summed E-state index contributed by atoms with van der Waals surface area (Å²) in [7, 11) is 1.48. The second-order valence-corrected chi connectivity index (χ2v) is 5.50. The Balaban J connectivity index is 2.38. The average molecular weight is 295 g/mol. The summed E-state index contributed by atoms with van der Waals surface area (Å²) in [6, 6.07) is 5.13. The molecule has 2 rings (SSSR count). The predicted octanol–water partition coefficient (Wildman–Crippen LogP) is 2.62.